The van der Waals surface area contributed by atoms with Gasteiger partial charge in [0.1, 0.15) is 40.5 Å². The zero-order chi connectivity index (χ0) is 26.9. The maximum Gasteiger partial charge on any atom is 0.265 e. The van der Waals surface area contributed by atoms with Crippen LogP contribution in [-0.2, 0) is 14.8 Å². The molecule has 37 heavy (non-hydrogen) atoms. The quantitative estimate of drug-likeness (QED) is 0.458. The summed E-state index contributed by atoms with van der Waals surface area (Å²) in [6.45, 7) is 0.144. The second kappa shape index (κ2) is 10.6. The minimum Gasteiger partial charge on any atom is -0.505 e. The summed E-state index contributed by atoms with van der Waals surface area (Å²) in [5.41, 5.74) is -1.21. The zero-order valence-corrected chi connectivity index (χ0v) is 21.6. The van der Waals surface area contributed by atoms with Gasteiger partial charge in [-0.1, -0.05) is 0 Å². The van der Waals surface area contributed by atoms with Crippen molar-refractivity contribution in [3.63, 3.8) is 0 Å². The highest BCUT2D eigenvalue weighted by atomic mass is 79.9. The Bertz CT molecular complexity index is 1490. The second-order valence-corrected chi connectivity index (χ2v) is 10.5. The number of nitrogens with zero attached hydrogens (tertiary/aromatic N) is 1. The van der Waals surface area contributed by atoms with Crippen molar-refractivity contribution in [1.29, 1.82) is 0 Å². The van der Waals surface area contributed by atoms with Gasteiger partial charge in [-0.3, -0.25) is 9.52 Å². The highest BCUT2D eigenvalue weighted by Gasteiger charge is 2.28. The molecule has 0 aliphatic carbocycles. The van der Waals surface area contributed by atoms with Crippen molar-refractivity contribution in [2.24, 2.45) is 0 Å². The van der Waals surface area contributed by atoms with E-state index in [0.29, 0.717) is 6.07 Å². The minimum absolute atomic E-state index is 0.00497. The maximum absolute atomic E-state index is 14.8. The number of ether oxygens (including phenoxy) is 2. The number of amides is 1. The number of benzene rings is 3. The summed E-state index contributed by atoms with van der Waals surface area (Å²) < 4.78 is 82.7. The number of phenols is 1. The van der Waals surface area contributed by atoms with E-state index < -0.39 is 49.7 Å². The van der Waals surface area contributed by atoms with E-state index in [1.165, 1.54) is 24.1 Å². The molecule has 1 heterocycles. The van der Waals surface area contributed by atoms with Crippen LogP contribution >= 0.6 is 15.9 Å². The molecule has 0 saturated carbocycles. The number of fused-ring (bicyclic) bond motifs is 6. The standard InChI is InChI=1S/C24H20BrF3N2O6S/c1-35-6-4-30-5-7-36-21-3-2-14(26)10-16(21)15-11-20(19(28)12-18(15)27)29-37(33,34)22-9-13(24(30)32)8-17(25)23(22)31/h2-3,8-12,29,31H,4-7H2,1H3. The van der Waals surface area contributed by atoms with E-state index in [1.54, 1.807) is 0 Å². The first-order chi connectivity index (χ1) is 17.5. The van der Waals surface area contributed by atoms with Crippen LogP contribution < -0.4 is 9.46 Å². The van der Waals surface area contributed by atoms with E-state index in [9.17, 15) is 31.5 Å². The predicted octanol–water partition coefficient (Wildman–Crippen LogP) is 4.52. The smallest absolute Gasteiger partial charge is 0.265 e. The molecule has 0 fully saturated rings. The zero-order valence-electron chi connectivity index (χ0n) is 19.2. The largest absolute Gasteiger partial charge is 0.505 e. The molecule has 2 N–H and O–H groups in total. The molecular formula is C24H20BrF3N2O6S. The van der Waals surface area contributed by atoms with Crippen molar-refractivity contribution in [1.82, 2.24) is 4.90 Å². The van der Waals surface area contributed by atoms with Crippen molar-refractivity contribution >= 4 is 37.5 Å². The minimum atomic E-state index is -4.70. The van der Waals surface area contributed by atoms with Crippen molar-refractivity contribution in [3.8, 4) is 22.6 Å². The number of methoxy groups -OCH3 is 1. The second-order valence-electron chi connectivity index (χ2n) is 8.00. The summed E-state index contributed by atoms with van der Waals surface area (Å²) in [4.78, 5) is 13.9. The van der Waals surface area contributed by atoms with Crippen molar-refractivity contribution in [2.45, 2.75) is 4.90 Å². The monoisotopic (exact) mass is 600 g/mol. The molecule has 196 valence electrons. The first-order valence-electron chi connectivity index (χ1n) is 10.8. The van der Waals surface area contributed by atoms with Crippen LogP contribution in [-0.4, -0.2) is 57.7 Å². The third-order valence-electron chi connectivity index (χ3n) is 5.57. The molecule has 1 aliphatic heterocycles. The number of carbonyl (C=O) groups excluding carboxylic acids is 1. The molecule has 4 rings (SSSR count). The Morgan fingerprint density at radius 1 is 1.11 bits per heavy atom. The Balaban J connectivity index is 1.94. The van der Waals surface area contributed by atoms with Gasteiger partial charge in [-0.15, -0.1) is 0 Å². The molecule has 3 aromatic carbocycles. The van der Waals surface area contributed by atoms with Gasteiger partial charge in [0.15, 0.2) is 0 Å². The Labute approximate surface area is 218 Å². The Hall–Kier alpha value is -3.29. The number of halogens is 4. The number of anilines is 1. The summed E-state index contributed by atoms with van der Waals surface area (Å²) >= 11 is 3.05. The molecule has 0 spiro atoms. The Morgan fingerprint density at radius 3 is 2.59 bits per heavy atom. The third kappa shape index (κ3) is 5.53. The van der Waals surface area contributed by atoms with Gasteiger partial charge in [-0.25, -0.2) is 21.6 Å². The van der Waals surface area contributed by atoms with Crippen LogP contribution in [0.3, 0.4) is 0 Å². The van der Waals surface area contributed by atoms with Gasteiger partial charge < -0.3 is 19.5 Å². The molecule has 1 aliphatic rings. The molecule has 8 nitrogen and oxygen atoms in total. The van der Waals surface area contributed by atoms with Gasteiger partial charge in [0.25, 0.3) is 15.9 Å². The Morgan fingerprint density at radius 2 is 1.86 bits per heavy atom. The lowest BCUT2D eigenvalue weighted by atomic mass is 10.0. The van der Waals surface area contributed by atoms with E-state index in [2.05, 4.69) is 15.9 Å². The van der Waals surface area contributed by atoms with Crippen LogP contribution in [0.15, 0.2) is 51.8 Å². The van der Waals surface area contributed by atoms with Crippen LogP contribution in [0.4, 0.5) is 18.9 Å². The highest BCUT2D eigenvalue weighted by Crippen LogP contribution is 2.38. The summed E-state index contributed by atoms with van der Waals surface area (Å²) in [7, 11) is -3.26. The SMILES string of the molecule is COCCN1CCOc2ccc(F)cc2-c2cc(c(F)cc2F)NS(=O)(=O)c2cc(cc(Br)c2O)C1=O. The lowest BCUT2D eigenvalue weighted by molar-refractivity contribution is 0.0665. The molecule has 0 atom stereocenters. The number of hydrogen-bond donors (Lipinski definition) is 2. The van der Waals surface area contributed by atoms with Gasteiger partial charge in [-0.05, 0) is 52.3 Å². The number of hydrogen-bond acceptors (Lipinski definition) is 6. The van der Waals surface area contributed by atoms with E-state index in [0.717, 1.165) is 24.3 Å². The fraction of sp³-hybridized carbons (Fsp3) is 0.208. The van der Waals surface area contributed by atoms with Crippen LogP contribution in [0.5, 0.6) is 11.5 Å². The number of nitrogens with one attached hydrogen (secondary N) is 1. The number of carbonyl (C=O) groups is 1. The molecule has 3 aromatic rings. The van der Waals surface area contributed by atoms with Gasteiger partial charge in [0.2, 0.25) is 0 Å². The van der Waals surface area contributed by atoms with Gasteiger partial charge >= 0.3 is 0 Å². The van der Waals surface area contributed by atoms with E-state index in [4.69, 9.17) is 9.47 Å². The van der Waals surface area contributed by atoms with E-state index >= 15 is 0 Å². The lowest BCUT2D eigenvalue weighted by Gasteiger charge is -2.23. The van der Waals surface area contributed by atoms with Crippen LogP contribution in [0.25, 0.3) is 11.1 Å². The maximum atomic E-state index is 14.8. The van der Waals surface area contributed by atoms with Crippen LogP contribution in [0.2, 0.25) is 0 Å². The summed E-state index contributed by atoms with van der Waals surface area (Å²) in [5, 5.41) is 10.5. The van der Waals surface area contributed by atoms with Crippen molar-refractivity contribution < 1.29 is 41.0 Å². The fourth-order valence-corrected chi connectivity index (χ4v) is 5.53. The van der Waals surface area contributed by atoms with Crippen LogP contribution in [0, 0.1) is 17.5 Å². The normalized spacial score (nSPS) is 15.2. The number of sulfonamides is 1. The third-order valence-corrected chi connectivity index (χ3v) is 7.55. The topological polar surface area (TPSA) is 105 Å². The average Bonchev–Trinajstić information content (AvgIpc) is 2.84. The fourth-order valence-electron chi connectivity index (χ4n) is 3.74. The summed E-state index contributed by atoms with van der Waals surface area (Å²) in [5.74, 6) is -4.40. The van der Waals surface area contributed by atoms with Crippen molar-refractivity contribution in [3.05, 3.63) is 70.0 Å². The first-order valence-corrected chi connectivity index (χ1v) is 13.0. The highest BCUT2D eigenvalue weighted by molar-refractivity contribution is 9.10. The molecular weight excluding hydrogens is 581 g/mol. The van der Waals surface area contributed by atoms with Gasteiger partial charge in [-0.2, -0.15) is 0 Å². The van der Waals surface area contributed by atoms with Gasteiger partial charge in [0.05, 0.1) is 23.3 Å². The van der Waals surface area contributed by atoms with Crippen LogP contribution in [0.1, 0.15) is 10.4 Å². The lowest BCUT2D eigenvalue weighted by Crippen LogP contribution is -2.37. The summed E-state index contributed by atoms with van der Waals surface area (Å²) in [6.07, 6.45) is 0. The number of rotatable bonds is 3. The molecule has 0 saturated heterocycles. The number of aromatic hydroxyl groups is 1. The average molecular weight is 601 g/mol. The molecule has 0 unspecified atom stereocenters. The molecule has 1 amide bonds. The summed E-state index contributed by atoms with van der Waals surface area (Å²) in [6, 6.07) is 6.77. The van der Waals surface area contributed by atoms with Crippen molar-refractivity contribution in [2.75, 3.05) is 38.1 Å². The van der Waals surface area contributed by atoms with Gasteiger partial charge in [0, 0.05) is 36.4 Å². The predicted molar refractivity (Wildman–Crippen MR) is 132 cm³/mol. The van der Waals surface area contributed by atoms with E-state index in [-0.39, 0.29) is 53.2 Å². The molecule has 13 heteroatoms. The number of phenolic OH excluding ortho intramolecular Hbond substituents is 1. The Kier molecular flexibility index (Phi) is 7.67. The van der Waals surface area contributed by atoms with E-state index in [1.807, 2.05) is 4.72 Å². The first kappa shape index (κ1) is 26.8. The molecule has 4 bridgehead atoms. The molecule has 0 radical (unpaired) electrons. The molecule has 0 aromatic heterocycles.